The Labute approximate surface area is 205 Å². The topological polar surface area (TPSA) is 86.8 Å². The van der Waals surface area contributed by atoms with Gasteiger partial charge in [-0.2, -0.15) is 0 Å². The highest BCUT2D eigenvalue weighted by Gasteiger charge is 2.28. The number of sulfonamides is 1. The normalized spacial score (nSPS) is 12.2. The maximum absolute atomic E-state index is 13.2. The van der Waals surface area contributed by atoms with Crippen molar-refractivity contribution >= 4 is 50.7 Å². The fraction of sp³-hybridized carbons (Fsp3) is 0.391. The van der Waals surface area contributed by atoms with Gasteiger partial charge < -0.3 is 10.2 Å². The summed E-state index contributed by atoms with van der Waals surface area (Å²) < 4.78 is 25.9. The number of anilines is 1. The van der Waals surface area contributed by atoms with Gasteiger partial charge in [0.1, 0.15) is 6.04 Å². The van der Waals surface area contributed by atoms with Gasteiger partial charge >= 0.3 is 0 Å². The van der Waals surface area contributed by atoms with Crippen LogP contribution in [0, 0.1) is 0 Å². The minimum Gasteiger partial charge on any atom is -0.357 e. The Hall–Kier alpha value is -2.29. The Bertz CT molecular complexity index is 1060. The summed E-state index contributed by atoms with van der Waals surface area (Å²) in [7, 11) is -2.04. The third-order valence-electron chi connectivity index (χ3n) is 5.15. The van der Waals surface area contributed by atoms with E-state index in [-0.39, 0.29) is 37.7 Å². The highest BCUT2D eigenvalue weighted by atomic mass is 35.5. The van der Waals surface area contributed by atoms with Gasteiger partial charge in [0.15, 0.2) is 0 Å². The van der Waals surface area contributed by atoms with E-state index in [2.05, 4.69) is 5.32 Å². The van der Waals surface area contributed by atoms with E-state index in [1.165, 1.54) is 16.3 Å². The first-order valence-electron chi connectivity index (χ1n) is 10.6. The zero-order valence-electron chi connectivity index (χ0n) is 18.9. The predicted molar refractivity (Wildman–Crippen MR) is 133 cm³/mol. The fourth-order valence-electron chi connectivity index (χ4n) is 3.51. The number of amides is 2. The van der Waals surface area contributed by atoms with E-state index >= 15 is 0 Å². The predicted octanol–water partition coefficient (Wildman–Crippen LogP) is 4.09. The van der Waals surface area contributed by atoms with Crippen molar-refractivity contribution in [2.75, 3.05) is 24.2 Å². The number of nitrogens with one attached hydrogen (secondary N) is 1. The van der Waals surface area contributed by atoms with Gasteiger partial charge in [-0.25, -0.2) is 8.42 Å². The second-order valence-electron chi connectivity index (χ2n) is 7.60. The van der Waals surface area contributed by atoms with Crippen molar-refractivity contribution in [1.29, 1.82) is 0 Å². The number of carbonyl (C=O) groups excluding carboxylic acids is 2. The van der Waals surface area contributed by atoms with Crippen LogP contribution in [0.5, 0.6) is 0 Å². The van der Waals surface area contributed by atoms with Crippen LogP contribution >= 0.6 is 23.2 Å². The molecule has 1 atom stereocenters. The number of hydrogen-bond acceptors (Lipinski definition) is 4. The van der Waals surface area contributed by atoms with Crippen molar-refractivity contribution in [1.82, 2.24) is 10.2 Å². The largest absolute Gasteiger partial charge is 0.357 e. The van der Waals surface area contributed by atoms with Crippen molar-refractivity contribution in [3.63, 3.8) is 0 Å². The van der Waals surface area contributed by atoms with E-state index in [0.29, 0.717) is 22.2 Å². The molecule has 7 nitrogen and oxygen atoms in total. The molecule has 0 saturated heterocycles. The molecule has 2 rings (SSSR count). The number of rotatable bonds is 11. The summed E-state index contributed by atoms with van der Waals surface area (Å²) in [5.41, 5.74) is 1.28. The van der Waals surface area contributed by atoms with Crippen LogP contribution in [0.25, 0.3) is 0 Å². The Balaban J connectivity index is 2.18. The molecule has 0 unspecified atom stereocenters. The molecule has 2 amide bonds. The molecule has 180 valence electrons. The van der Waals surface area contributed by atoms with E-state index < -0.39 is 16.1 Å². The number of hydrogen-bond donors (Lipinski definition) is 1. The van der Waals surface area contributed by atoms with Crippen LogP contribution < -0.4 is 9.62 Å². The molecule has 1 N–H and O–H groups in total. The number of halogens is 2. The van der Waals surface area contributed by atoms with Crippen LogP contribution in [0.3, 0.4) is 0 Å². The molecule has 0 fully saturated rings. The van der Waals surface area contributed by atoms with Gasteiger partial charge in [-0.1, -0.05) is 48.3 Å². The minimum atomic E-state index is -3.57. The molecule has 0 spiro atoms. The van der Waals surface area contributed by atoms with E-state index in [1.807, 2.05) is 19.1 Å². The van der Waals surface area contributed by atoms with Crippen molar-refractivity contribution < 1.29 is 18.0 Å². The van der Waals surface area contributed by atoms with Gasteiger partial charge in [0.05, 0.1) is 11.9 Å². The molecule has 10 heteroatoms. The molecule has 0 aliphatic rings. The van der Waals surface area contributed by atoms with Crippen molar-refractivity contribution in [3.8, 4) is 0 Å². The smallest absolute Gasteiger partial charge is 0.242 e. The summed E-state index contributed by atoms with van der Waals surface area (Å²) >= 11 is 12.0. The maximum Gasteiger partial charge on any atom is 0.242 e. The van der Waals surface area contributed by atoms with Crippen molar-refractivity contribution in [3.05, 3.63) is 64.1 Å². The van der Waals surface area contributed by atoms with Gasteiger partial charge in [0.2, 0.25) is 21.8 Å². The van der Waals surface area contributed by atoms with E-state index in [0.717, 1.165) is 11.8 Å². The van der Waals surface area contributed by atoms with Gasteiger partial charge in [-0.15, -0.1) is 0 Å². The quantitative estimate of drug-likeness (QED) is 0.490. The molecule has 0 aromatic heterocycles. The van der Waals surface area contributed by atoms with Crippen LogP contribution in [-0.4, -0.2) is 51.0 Å². The summed E-state index contributed by atoms with van der Waals surface area (Å²) in [5, 5.41) is 3.61. The van der Waals surface area contributed by atoms with E-state index in [4.69, 9.17) is 23.2 Å². The molecular formula is C23H29Cl2N3O4S. The van der Waals surface area contributed by atoms with E-state index in [1.54, 1.807) is 36.4 Å². The van der Waals surface area contributed by atoms with Gasteiger partial charge in [-0.3, -0.25) is 13.9 Å². The summed E-state index contributed by atoms with van der Waals surface area (Å²) in [5.74, 6) is -0.489. The first-order chi connectivity index (χ1) is 15.6. The van der Waals surface area contributed by atoms with Crippen LogP contribution in [0.15, 0.2) is 48.5 Å². The lowest BCUT2D eigenvalue weighted by atomic mass is 10.1. The van der Waals surface area contributed by atoms with Gasteiger partial charge in [0.25, 0.3) is 0 Å². The first kappa shape index (κ1) is 27.0. The first-order valence-corrected chi connectivity index (χ1v) is 13.2. The fourth-order valence-corrected chi connectivity index (χ4v) is 4.78. The Morgan fingerprint density at radius 1 is 1.06 bits per heavy atom. The molecule has 0 radical (unpaired) electrons. The lowest BCUT2D eigenvalue weighted by Gasteiger charge is -2.30. The second kappa shape index (κ2) is 12.3. The highest BCUT2D eigenvalue weighted by Crippen LogP contribution is 2.23. The molecule has 33 heavy (non-hydrogen) atoms. The second-order valence-corrected chi connectivity index (χ2v) is 10.4. The molecule has 0 saturated carbocycles. The Morgan fingerprint density at radius 3 is 2.27 bits per heavy atom. The molecule has 0 aliphatic heterocycles. The van der Waals surface area contributed by atoms with Gasteiger partial charge in [-0.05, 0) is 48.7 Å². The summed E-state index contributed by atoms with van der Waals surface area (Å²) in [6.07, 6.45) is 1.91. The maximum atomic E-state index is 13.2. The minimum absolute atomic E-state index is 0.0771. The average Bonchev–Trinajstić information content (AvgIpc) is 2.76. The number of benzene rings is 2. The van der Waals surface area contributed by atoms with E-state index in [9.17, 15) is 18.0 Å². The lowest BCUT2D eigenvalue weighted by molar-refractivity contribution is -0.141. The zero-order valence-corrected chi connectivity index (χ0v) is 21.3. The SMILES string of the molecule is CC[C@@H](C(=O)NC)N(Cc1ccc(Cl)cc1)C(=O)CCCN(c1cccc(Cl)c1)S(C)(=O)=O. The number of likely N-dealkylation sites (N-methyl/N-ethyl adjacent to an activating group) is 1. The summed E-state index contributed by atoms with van der Waals surface area (Å²) in [6, 6.07) is 13.0. The molecule has 0 aliphatic carbocycles. The van der Waals surface area contributed by atoms with Crippen LogP contribution in [0.4, 0.5) is 5.69 Å². The Morgan fingerprint density at radius 2 is 1.73 bits per heavy atom. The van der Waals surface area contributed by atoms with Crippen LogP contribution in [0.2, 0.25) is 10.0 Å². The summed E-state index contributed by atoms with van der Waals surface area (Å²) in [6.45, 7) is 2.19. The summed E-state index contributed by atoms with van der Waals surface area (Å²) in [4.78, 5) is 27.2. The molecule has 0 bridgehead atoms. The van der Waals surface area contributed by atoms with Crippen molar-refractivity contribution in [2.45, 2.75) is 38.8 Å². The zero-order chi connectivity index (χ0) is 24.6. The molecule has 2 aromatic rings. The molecule has 0 heterocycles. The Kier molecular flexibility index (Phi) is 10.0. The number of carbonyl (C=O) groups is 2. The van der Waals surface area contributed by atoms with Crippen molar-refractivity contribution in [2.24, 2.45) is 0 Å². The molecular weight excluding hydrogens is 485 g/mol. The highest BCUT2D eigenvalue weighted by molar-refractivity contribution is 7.92. The third kappa shape index (κ3) is 7.91. The van der Waals surface area contributed by atoms with Crippen LogP contribution in [0.1, 0.15) is 31.7 Å². The molecule has 2 aromatic carbocycles. The monoisotopic (exact) mass is 513 g/mol. The standard InChI is InChI=1S/C23H29Cl2N3O4S/c1-4-21(23(30)26-2)27(16-17-10-12-18(24)13-11-17)22(29)9-6-14-28(33(3,31)32)20-8-5-7-19(25)15-20/h5,7-8,10-13,15,21H,4,6,9,14,16H2,1-3H3,(H,26,30)/t21-/m0/s1. The average molecular weight is 514 g/mol. The number of nitrogens with zero attached hydrogens (tertiary/aromatic N) is 2. The van der Waals surface area contributed by atoms with Crippen LogP contribution in [-0.2, 0) is 26.2 Å². The third-order valence-corrected chi connectivity index (χ3v) is 6.83. The van der Waals surface area contributed by atoms with Gasteiger partial charge in [0, 0.05) is 36.6 Å². The lowest BCUT2D eigenvalue weighted by Crippen LogP contribution is -2.48.